The lowest BCUT2D eigenvalue weighted by Crippen LogP contribution is -2.36. The highest BCUT2D eigenvalue weighted by Crippen LogP contribution is 2.29. The third-order valence-electron chi connectivity index (χ3n) is 3.48. The molecule has 8 heteroatoms. The van der Waals surface area contributed by atoms with Crippen molar-refractivity contribution in [2.45, 2.75) is 33.2 Å². The molecule has 1 amide bonds. The van der Waals surface area contributed by atoms with Crippen molar-refractivity contribution in [3.05, 3.63) is 35.3 Å². The van der Waals surface area contributed by atoms with E-state index in [2.05, 4.69) is 15.0 Å². The number of halogens is 1. The normalized spacial score (nSPS) is 11.8. The zero-order valence-corrected chi connectivity index (χ0v) is 15.1. The van der Waals surface area contributed by atoms with E-state index in [4.69, 9.17) is 5.73 Å². The van der Waals surface area contributed by atoms with Crippen molar-refractivity contribution in [1.82, 2.24) is 4.37 Å². The van der Waals surface area contributed by atoms with Crippen molar-refractivity contribution in [3.63, 3.8) is 0 Å². The smallest absolute Gasteiger partial charge is 0.239 e. The van der Waals surface area contributed by atoms with E-state index in [1.54, 1.807) is 12.1 Å². The van der Waals surface area contributed by atoms with Gasteiger partial charge in [0.05, 0.1) is 11.4 Å². The summed E-state index contributed by atoms with van der Waals surface area (Å²) in [4.78, 5) is 11.6. The first-order chi connectivity index (χ1) is 11.8. The Kier molecular flexibility index (Phi) is 5.93. The maximum absolute atomic E-state index is 14.3. The number of anilines is 3. The predicted molar refractivity (Wildman–Crippen MR) is 97.3 cm³/mol. The zero-order chi connectivity index (χ0) is 18.6. The van der Waals surface area contributed by atoms with Crippen molar-refractivity contribution in [1.29, 1.82) is 5.26 Å². The summed E-state index contributed by atoms with van der Waals surface area (Å²) >= 11 is 1.22. The standard InChI is InChI=1S/C17H20FN5OS/c1-9(2)4-15(17(20)24)21-11-6-13(18)12(8-19)14(7-11)22-16-5-10(3)23-25-16/h5-7,9,15,21-22H,4H2,1-3H3,(H2,20,24). The summed E-state index contributed by atoms with van der Waals surface area (Å²) in [7, 11) is 0. The zero-order valence-electron chi connectivity index (χ0n) is 14.3. The Hall–Kier alpha value is -2.66. The van der Waals surface area contributed by atoms with E-state index in [9.17, 15) is 14.4 Å². The number of aromatic nitrogens is 1. The van der Waals surface area contributed by atoms with Gasteiger partial charge in [0.2, 0.25) is 5.91 Å². The molecule has 2 rings (SSSR count). The third kappa shape index (κ3) is 4.90. The van der Waals surface area contributed by atoms with Gasteiger partial charge in [-0.25, -0.2) is 4.39 Å². The maximum atomic E-state index is 14.3. The number of nitrogens with one attached hydrogen (secondary N) is 2. The molecule has 0 aliphatic carbocycles. The molecule has 0 saturated carbocycles. The summed E-state index contributed by atoms with van der Waals surface area (Å²) in [6.45, 7) is 5.78. The van der Waals surface area contributed by atoms with Crippen LogP contribution in [0.1, 0.15) is 31.5 Å². The molecule has 1 unspecified atom stereocenters. The molecule has 6 nitrogen and oxygen atoms in total. The number of nitriles is 1. The molecule has 0 radical (unpaired) electrons. The Bertz CT molecular complexity index is 812. The Morgan fingerprint density at radius 2 is 2.16 bits per heavy atom. The number of rotatable bonds is 7. The van der Waals surface area contributed by atoms with Crippen molar-refractivity contribution in [3.8, 4) is 6.07 Å². The van der Waals surface area contributed by atoms with E-state index in [1.165, 1.54) is 17.6 Å². The monoisotopic (exact) mass is 361 g/mol. The minimum atomic E-state index is -0.677. The summed E-state index contributed by atoms with van der Waals surface area (Å²) in [6.07, 6.45) is 0.522. The molecule has 1 atom stereocenters. The van der Waals surface area contributed by atoms with Gasteiger partial charge < -0.3 is 16.4 Å². The largest absolute Gasteiger partial charge is 0.374 e. The molecule has 0 aliphatic heterocycles. The van der Waals surface area contributed by atoms with Gasteiger partial charge in [-0.3, -0.25) is 4.79 Å². The minimum absolute atomic E-state index is 0.101. The van der Waals surface area contributed by atoms with Crippen LogP contribution in [-0.4, -0.2) is 16.3 Å². The molecule has 0 bridgehead atoms. The predicted octanol–water partition coefficient (Wildman–Crippen LogP) is 3.52. The molecule has 1 aromatic heterocycles. The molecule has 1 heterocycles. The van der Waals surface area contributed by atoms with Gasteiger partial charge >= 0.3 is 0 Å². The van der Waals surface area contributed by atoms with Crippen LogP contribution in [0.5, 0.6) is 0 Å². The van der Waals surface area contributed by atoms with E-state index in [1.807, 2.05) is 26.8 Å². The molecule has 0 aliphatic rings. The number of hydrogen-bond donors (Lipinski definition) is 3. The van der Waals surface area contributed by atoms with Crippen molar-refractivity contribution >= 4 is 33.8 Å². The van der Waals surface area contributed by atoms with Crippen molar-refractivity contribution in [2.24, 2.45) is 11.7 Å². The van der Waals surface area contributed by atoms with Gasteiger partial charge in [0.15, 0.2) is 0 Å². The highest BCUT2D eigenvalue weighted by atomic mass is 32.1. The molecule has 1 aromatic carbocycles. The number of amides is 1. The Labute approximate surface area is 150 Å². The Balaban J connectivity index is 2.33. The molecule has 4 N–H and O–H groups in total. The van der Waals surface area contributed by atoms with E-state index in [0.29, 0.717) is 22.8 Å². The summed E-state index contributed by atoms with van der Waals surface area (Å²) in [6, 6.07) is 5.82. The molecule has 132 valence electrons. The van der Waals surface area contributed by atoms with Crippen LogP contribution in [0, 0.1) is 30.0 Å². The highest BCUT2D eigenvalue weighted by molar-refractivity contribution is 7.10. The van der Waals surface area contributed by atoms with Crippen LogP contribution in [0.15, 0.2) is 18.2 Å². The van der Waals surface area contributed by atoms with Crippen molar-refractivity contribution in [2.75, 3.05) is 10.6 Å². The third-order valence-corrected chi connectivity index (χ3v) is 4.28. The quantitative estimate of drug-likeness (QED) is 0.700. The van der Waals surface area contributed by atoms with Crippen LogP contribution < -0.4 is 16.4 Å². The van der Waals surface area contributed by atoms with Crippen LogP contribution in [-0.2, 0) is 4.79 Å². The van der Waals surface area contributed by atoms with Gasteiger partial charge in [0.25, 0.3) is 0 Å². The Morgan fingerprint density at radius 1 is 1.44 bits per heavy atom. The lowest BCUT2D eigenvalue weighted by Gasteiger charge is -2.19. The lowest BCUT2D eigenvalue weighted by atomic mass is 10.0. The van der Waals surface area contributed by atoms with Crippen molar-refractivity contribution < 1.29 is 9.18 Å². The van der Waals surface area contributed by atoms with Crippen LogP contribution in [0.4, 0.5) is 20.8 Å². The van der Waals surface area contributed by atoms with Gasteiger partial charge in [-0.05, 0) is 49.0 Å². The highest BCUT2D eigenvalue weighted by Gasteiger charge is 2.19. The number of carbonyl (C=O) groups excluding carboxylic acids is 1. The van der Waals surface area contributed by atoms with Crippen LogP contribution in [0.25, 0.3) is 0 Å². The van der Waals surface area contributed by atoms with Crippen LogP contribution >= 0.6 is 11.5 Å². The van der Waals surface area contributed by atoms with E-state index < -0.39 is 17.8 Å². The number of hydrogen-bond acceptors (Lipinski definition) is 6. The number of aryl methyl sites for hydroxylation is 1. The average Bonchev–Trinajstić information content (AvgIpc) is 2.91. The molecule has 25 heavy (non-hydrogen) atoms. The molecule has 0 saturated heterocycles. The van der Waals surface area contributed by atoms with Gasteiger partial charge in [0, 0.05) is 5.69 Å². The minimum Gasteiger partial charge on any atom is -0.374 e. The number of benzene rings is 1. The van der Waals surface area contributed by atoms with E-state index in [0.717, 1.165) is 5.69 Å². The number of nitrogens with zero attached hydrogens (tertiary/aromatic N) is 2. The lowest BCUT2D eigenvalue weighted by molar-refractivity contribution is -0.119. The summed E-state index contributed by atoms with van der Waals surface area (Å²) in [5.74, 6) is -0.943. The summed E-state index contributed by atoms with van der Waals surface area (Å²) in [5.41, 5.74) is 6.83. The molecule has 2 aromatic rings. The number of carbonyl (C=O) groups is 1. The summed E-state index contributed by atoms with van der Waals surface area (Å²) < 4.78 is 18.4. The van der Waals surface area contributed by atoms with E-state index >= 15 is 0 Å². The summed E-state index contributed by atoms with van der Waals surface area (Å²) in [5, 5.41) is 15.9. The fourth-order valence-corrected chi connectivity index (χ4v) is 3.05. The second-order valence-electron chi connectivity index (χ2n) is 6.18. The van der Waals surface area contributed by atoms with Gasteiger partial charge in [-0.2, -0.15) is 9.64 Å². The first kappa shape index (κ1) is 18.7. The van der Waals surface area contributed by atoms with Gasteiger partial charge in [-0.1, -0.05) is 13.8 Å². The molecule has 0 spiro atoms. The fraction of sp³-hybridized carbons (Fsp3) is 0.353. The topological polar surface area (TPSA) is 104 Å². The SMILES string of the molecule is Cc1cc(Nc2cc(NC(CC(C)C)C(N)=O)cc(F)c2C#N)sn1. The maximum Gasteiger partial charge on any atom is 0.239 e. The molecular formula is C17H20FN5OS. The number of primary amides is 1. The number of nitrogens with two attached hydrogens (primary N) is 1. The Morgan fingerprint density at radius 3 is 2.68 bits per heavy atom. The molecule has 0 fully saturated rings. The fourth-order valence-electron chi connectivity index (χ4n) is 2.38. The van der Waals surface area contributed by atoms with Gasteiger partial charge in [0.1, 0.15) is 28.5 Å². The van der Waals surface area contributed by atoms with E-state index in [-0.39, 0.29) is 11.5 Å². The van der Waals surface area contributed by atoms with Crippen LogP contribution in [0.2, 0.25) is 0 Å². The molecular weight excluding hydrogens is 341 g/mol. The first-order valence-electron chi connectivity index (χ1n) is 7.80. The van der Waals surface area contributed by atoms with Crippen LogP contribution in [0.3, 0.4) is 0 Å². The average molecular weight is 361 g/mol. The second-order valence-corrected chi connectivity index (χ2v) is 6.98. The second kappa shape index (κ2) is 7.94. The first-order valence-corrected chi connectivity index (χ1v) is 8.57. The van der Waals surface area contributed by atoms with Gasteiger partial charge in [-0.15, -0.1) is 0 Å².